The van der Waals surface area contributed by atoms with Crippen molar-refractivity contribution in [3.05, 3.63) is 62.7 Å². The molecule has 3 rings (SSSR count). The molecule has 9 heteroatoms. The molecule has 0 aliphatic carbocycles. The van der Waals surface area contributed by atoms with Crippen molar-refractivity contribution in [3.63, 3.8) is 0 Å². The van der Waals surface area contributed by atoms with Crippen molar-refractivity contribution in [1.29, 1.82) is 0 Å². The second-order valence-corrected chi connectivity index (χ2v) is 5.82. The molecule has 8 nitrogen and oxygen atoms in total. The Hall–Kier alpha value is -3.13. The summed E-state index contributed by atoms with van der Waals surface area (Å²) in [6.45, 7) is 0.971. The molecule has 0 spiro atoms. The molecule has 1 heterocycles. The Kier molecular flexibility index (Phi) is 5.33. The predicted molar refractivity (Wildman–Crippen MR) is 95.0 cm³/mol. The molecular weight excluding hydrogens is 362 g/mol. The van der Waals surface area contributed by atoms with Crippen LogP contribution in [-0.2, 0) is 11.2 Å². The molecule has 2 aromatic rings. The van der Waals surface area contributed by atoms with Gasteiger partial charge in [0.05, 0.1) is 17.6 Å². The summed E-state index contributed by atoms with van der Waals surface area (Å²) in [5.41, 5.74) is 3.33. The Balaban J connectivity index is 1.61. The SMILES string of the molecule is O=C(Cc1ccc2c(c1)OCCO2)N/N=C/c1cc([N+](=O)[O-])ccc1Cl. The number of carbonyl (C=O) groups is 1. The fourth-order valence-corrected chi connectivity index (χ4v) is 2.51. The monoisotopic (exact) mass is 375 g/mol. The molecule has 0 bridgehead atoms. The van der Waals surface area contributed by atoms with E-state index < -0.39 is 4.92 Å². The normalized spacial score (nSPS) is 12.8. The first-order valence-electron chi connectivity index (χ1n) is 7.67. The van der Waals surface area contributed by atoms with E-state index in [9.17, 15) is 14.9 Å². The lowest BCUT2D eigenvalue weighted by Crippen LogP contribution is -2.20. The molecule has 2 aromatic carbocycles. The van der Waals surface area contributed by atoms with E-state index in [1.165, 1.54) is 24.4 Å². The minimum absolute atomic E-state index is 0.0939. The number of hydrazone groups is 1. The number of ether oxygens (including phenoxy) is 2. The van der Waals surface area contributed by atoms with Crippen LogP contribution in [0.1, 0.15) is 11.1 Å². The predicted octanol–water partition coefficient (Wildman–Crippen LogP) is 2.71. The number of hydrogen-bond donors (Lipinski definition) is 1. The van der Waals surface area contributed by atoms with Crippen LogP contribution in [0.3, 0.4) is 0 Å². The number of amides is 1. The highest BCUT2D eigenvalue weighted by Gasteiger charge is 2.13. The van der Waals surface area contributed by atoms with Crippen molar-refractivity contribution in [2.24, 2.45) is 5.10 Å². The third-order valence-corrected chi connectivity index (χ3v) is 3.90. The zero-order valence-corrected chi connectivity index (χ0v) is 14.2. The highest BCUT2D eigenvalue weighted by Crippen LogP contribution is 2.30. The van der Waals surface area contributed by atoms with E-state index in [1.54, 1.807) is 18.2 Å². The number of benzene rings is 2. The van der Waals surface area contributed by atoms with Gasteiger partial charge in [-0.3, -0.25) is 14.9 Å². The molecule has 0 aromatic heterocycles. The first-order valence-corrected chi connectivity index (χ1v) is 8.05. The molecule has 1 aliphatic heterocycles. The summed E-state index contributed by atoms with van der Waals surface area (Å²) in [5.74, 6) is 0.909. The van der Waals surface area contributed by atoms with Gasteiger partial charge in [-0.05, 0) is 23.8 Å². The Labute approximate surface area is 153 Å². The average Bonchev–Trinajstić information content (AvgIpc) is 2.63. The second-order valence-electron chi connectivity index (χ2n) is 5.41. The zero-order valence-electron chi connectivity index (χ0n) is 13.5. The lowest BCUT2D eigenvalue weighted by Gasteiger charge is -2.18. The van der Waals surface area contributed by atoms with Crippen LogP contribution in [0.2, 0.25) is 5.02 Å². The van der Waals surface area contributed by atoms with E-state index in [4.69, 9.17) is 21.1 Å². The number of hydrogen-bond acceptors (Lipinski definition) is 6. The van der Waals surface area contributed by atoms with Crippen LogP contribution in [0.4, 0.5) is 5.69 Å². The second kappa shape index (κ2) is 7.83. The number of halogens is 1. The molecule has 0 saturated carbocycles. The third kappa shape index (κ3) is 4.28. The smallest absolute Gasteiger partial charge is 0.270 e. The maximum atomic E-state index is 12.0. The summed E-state index contributed by atoms with van der Waals surface area (Å²) >= 11 is 5.96. The van der Waals surface area contributed by atoms with E-state index in [1.807, 2.05) is 0 Å². The van der Waals surface area contributed by atoms with E-state index >= 15 is 0 Å². The first kappa shape index (κ1) is 17.7. The molecule has 134 valence electrons. The van der Waals surface area contributed by atoms with Crippen molar-refractivity contribution in [3.8, 4) is 11.5 Å². The van der Waals surface area contributed by atoms with Gasteiger partial charge in [-0.25, -0.2) is 5.43 Å². The maximum Gasteiger partial charge on any atom is 0.270 e. The van der Waals surface area contributed by atoms with Crippen molar-refractivity contribution in [2.45, 2.75) is 6.42 Å². The van der Waals surface area contributed by atoms with Gasteiger partial charge in [-0.2, -0.15) is 5.10 Å². The van der Waals surface area contributed by atoms with Gasteiger partial charge in [0.25, 0.3) is 5.69 Å². The van der Waals surface area contributed by atoms with Gasteiger partial charge in [0.15, 0.2) is 11.5 Å². The van der Waals surface area contributed by atoms with Gasteiger partial charge in [-0.1, -0.05) is 17.7 Å². The van der Waals surface area contributed by atoms with Gasteiger partial charge in [0.2, 0.25) is 5.91 Å². The van der Waals surface area contributed by atoms with Crippen LogP contribution in [0.5, 0.6) is 11.5 Å². The van der Waals surface area contributed by atoms with E-state index in [2.05, 4.69) is 10.5 Å². The lowest BCUT2D eigenvalue weighted by atomic mass is 10.1. The fraction of sp³-hybridized carbons (Fsp3) is 0.176. The molecule has 1 N–H and O–H groups in total. The first-order chi connectivity index (χ1) is 12.5. The number of nitrogens with zero attached hydrogens (tertiary/aromatic N) is 2. The fourth-order valence-electron chi connectivity index (χ4n) is 2.34. The van der Waals surface area contributed by atoms with Crippen LogP contribution in [-0.4, -0.2) is 30.3 Å². The summed E-state index contributed by atoms with van der Waals surface area (Å²) in [6.07, 6.45) is 1.35. The summed E-state index contributed by atoms with van der Waals surface area (Å²) in [5, 5.41) is 14.9. The van der Waals surface area contributed by atoms with Gasteiger partial charge in [0.1, 0.15) is 13.2 Å². The number of nitro benzene ring substituents is 1. The standard InChI is InChI=1S/C17H14ClN3O5/c18-14-3-2-13(21(23)24)9-12(14)10-19-20-17(22)8-11-1-4-15-16(7-11)26-6-5-25-15/h1-4,7,9-10H,5-6,8H2,(H,20,22)/b19-10+. The van der Waals surface area contributed by atoms with Gasteiger partial charge in [0, 0.05) is 22.7 Å². The zero-order chi connectivity index (χ0) is 18.5. The van der Waals surface area contributed by atoms with Gasteiger partial charge < -0.3 is 9.47 Å². The Morgan fingerprint density at radius 3 is 2.77 bits per heavy atom. The van der Waals surface area contributed by atoms with Crippen LogP contribution in [0.15, 0.2) is 41.5 Å². The number of non-ortho nitro benzene ring substituents is 1. The van der Waals surface area contributed by atoms with Crippen molar-refractivity contribution in [2.75, 3.05) is 13.2 Å². The lowest BCUT2D eigenvalue weighted by molar-refractivity contribution is -0.384. The summed E-state index contributed by atoms with van der Waals surface area (Å²) < 4.78 is 10.9. The summed E-state index contributed by atoms with van der Waals surface area (Å²) in [7, 11) is 0. The molecular formula is C17H14ClN3O5. The molecule has 26 heavy (non-hydrogen) atoms. The molecule has 0 radical (unpaired) electrons. The van der Waals surface area contributed by atoms with Crippen LogP contribution >= 0.6 is 11.6 Å². The average molecular weight is 376 g/mol. The highest BCUT2D eigenvalue weighted by atomic mass is 35.5. The number of nitro groups is 1. The van der Waals surface area contributed by atoms with Crippen molar-refractivity contribution < 1.29 is 19.2 Å². The van der Waals surface area contributed by atoms with E-state index in [0.717, 1.165) is 5.56 Å². The molecule has 0 atom stereocenters. The summed E-state index contributed by atoms with van der Waals surface area (Å²) in [6, 6.07) is 9.24. The Morgan fingerprint density at radius 2 is 2.00 bits per heavy atom. The number of nitrogens with one attached hydrogen (secondary N) is 1. The maximum absolute atomic E-state index is 12.0. The van der Waals surface area contributed by atoms with Gasteiger partial charge in [-0.15, -0.1) is 0 Å². The molecule has 0 fully saturated rings. The Bertz CT molecular complexity index is 885. The van der Waals surface area contributed by atoms with Crippen molar-refractivity contribution >= 4 is 29.4 Å². The minimum atomic E-state index is -0.534. The Morgan fingerprint density at radius 1 is 1.23 bits per heavy atom. The number of carbonyl (C=O) groups excluding carboxylic acids is 1. The quantitative estimate of drug-likeness (QED) is 0.491. The number of rotatable bonds is 5. The summed E-state index contributed by atoms with van der Waals surface area (Å²) in [4.78, 5) is 22.2. The molecule has 1 aliphatic rings. The van der Waals surface area contributed by atoms with Crippen LogP contribution in [0, 0.1) is 10.1 Å². The van der Waals surface area contributed by atoms with E-state index in [-0.39, 0.29) is 18.0 Å². The van der Waals surface area contributed by atoms with E-state index in [0.29, 0.717) is 35.3 Å². The molecule has 1 amide bonds. The van der Waals surface area contributed by atoms with Gasteiger partial charge >= 0.3 is 0 Å². The number of fused-ring (bicyclic) bond motifs is 1. The van der Waals surface area contributed by atoms with Crippen LogP contribution < -0.4 is 14.9 Å². The minimum Gasteiger partial charge on any atom is -0.486 e. The van der Waals surface area contributed by atoms with Crippen molar-refractivity contribution in [1.82, 2.24) is 5.43 Å². The molecule has 0 saturated heterocycles. The highest BCUT2D eigenvalue weighted by molar-refractivity contribution is 6.33. The molecule has 0 unspecified atom stereocenters. The largest absolute Gasteiger partial charge is 0.486 e. The topological polar surface area (TPSA) is 103 Å². The third-order valence-electron chi connectivity index (χ3n) is 3.55. The van der Waals surface area contributed by atoms with Crippen LogP contribution in [0.25, 0.3) is 0 Å².